The van der Waals surface area contributed by atoms with E-state index >= 15 is 0 Å². The molecule has 0 aliphatic heterocycles. The molecule has 1 rings (SSSR count). The van der Waals surface area contributed by atoms with Crippen LogP contribution in [-0.2, 0) is 0 Å². The molecule has 4 nitrogen and oxygen atoms in total. The second-order valence-corrected chi connectivity index (χ2v) is 4.93. The van der Waals surface area contributed by atoms with Gasteiger partial charge in [-0.05, 0) is 24.0 Å². The van der Waals surface area contributed by atoms with E-state index in [2.05, 4.69) is 10.6 Å². The fraction of sp³-hybridized carbons (Fsp3) is 0.462. The highest BCUT2D eigenvalue weighted by atomic mass is 19.1. The second-order valence-electron chi connectivity index (χ2n) is 4.93. The second kappa shape index (κ2) is 6.35. The topological polar surface area (TPSA) is 61.4 Å². The first-order chi connectivity index (χ1) is 8.44. The molecule has 0 atom stereocenters. The Kier molecular flexibility index (Phi) is 5.09. The molecule has 5 heteroatoms. The summed E-state index contributed by atoms with van der Waals surface area (Å²) in [7, 11) is 0. The van der Waals surface area contributed by atoms with Crippen molar-refractivity contribution in [2.75, 3.05) is 18.5 Å². The standard InChI is InChI=1S/C13H19FN2O2/c1-13(2,7-8-17)9-15-12(18)16-11-6-4-3-5-10(11)14/h3-6,17H,7-9H2,1-2H3,(H2,15,16,18). The maximum atomic E-state index is 13.3. The molecule has 0 aliphatic carbocycles. The Bertz CT molecular complexity index is 408. The number of urea groups is 1. The number of anilines is 1. The number of amides is 2. The molecule has 0 aliphatic rings. The maximum absolute atomic E-state index is 13.3. The number of hydrogen-bond donors (Lipinski definition) is 3. The zero-order valence-electron chi connectivity index (χ0n) is 10.7. The average molecular weight is 254 g/mol. The van der Waals surface area contributed by atoms with Crippen LogP contribution in [-0.4, -0.2) is 24.3 Å². The molecule has 1 aromatic rings. The minimum absolute atomic E-state index is 0.0730. The van der Waals surface area contributed by atoms with Crippen molar-refractivity contribution in [2.45, 2.75) is 20.3 Å². The molecule has 0 heterocycles. The first kappa shape index (κ1) is 14.4. The zero-order chi connectivity index (χ0) is 13.6. The average Bonchev–Trinajstić information content (AvgIpc) is 2.30. The van der Waals surface area contributed by atoms with Gasteiger partial charge in [-0.15, -0.1) is 0 Å². The van der Waals surface area contributed by atoms with Gasteiger partial charge in [-0.2, -0.15) is 0 Å². The first-order valence-electron chi connectivity index (χ1n) is 5.85. The fourth-order valence-electron chi connectivity index (χ4n) is 1.44. The van der Waals surface area contributed by atoms with Crippen molar-refractivity contribution in [1.82, 2.24) is 5.32 Å². The van der Waals surface area contributed by atoms with Gasteiger partial charge in [0.1, 0.15) is 5.82 Å². The Balaban J connectivity index is 2.46. The van der Waals surface area contributed by atoms with Crippen LogP contribution in [0.25, 0.3) is 0 Å². The highest BCUT2D eigenvalue weighted by molar-refractivity contribution is 5.89. The number of halogens is 1. The van der Waals surface area contributed by atoms with Crippen LogP contribution < -0.4 is 10.6 Å². The van der Waals surface area contributed by atoms with Crippen molar-refractivity contribution in [2.24, 2.45) is 5.41 Å². The van der Waals surface area contributed by atoms with E-state index in [0.29, 0.717) is 13.0 Å². The van der Waals surface area contributed by atoms with Crippen molar-refractivity contribution in [1.29, 1.82) is 0 Å². The molecule has 0 fully saturated rings. The molecule has 18 heavy (non-hydrogen) atoms. The van der Waals surface area contributed by atoms with E-state index in [9.17, 15) is 9.18 Å². The maximum Gasteiger partial charge on any atom is 0.319 e. The van der Waals surface area contributed by atoms with E-state index in [4.69, 9.17) is 5.11 Å². The van der Waals surface area contributed by atoms with Crippen LogP contribution in [0.3, 0.4) is 0 Å². The molecule has 0 spiro atoms. The van der Waals surface area contributed by atoms with Crippen molar-refractivity contribution >= 4 is 11.7 Å². The summed E-state index contributed by atoms with van der Waals surface area (Å²) in [4.78, 5) is 11.6. The molecule has 2 amide bonds. The van der Waals surface area contributed by atoms with E-state index < -0.39 is 11.8 Å². The summed E-state index contributed by atoms with van der Waals surface area (Å²) in [6.07, 6.45) is 0.590. The molecule has 0 unspecified atom stereocenters. The number of nitrogens with one attached hydrogen (secondary N) is 2. The number of aliphatic hydroxyl groups excluding tert-OH is 1. The van der Waals surface area contributed by atoms with Crippen LogP contribution in [0.2, 0.25) is 0 Å². The van der Waals surface area contributed by atoms with E-state index in [1.807, 2.05) is 13.8 Å². The number of carbonyl (C=O) groups excluding carboxylic acids is 1. The Morgan fingerprint density at radius 3 is 2.67 bits per heavy atom. The van der Waals surface area contributed by atoms with Gasteiger partial charge in [0.2, 0.25) is 0 Å². The predicted molar refractivity (Wildman–Crippen MR) is 68.9 cm³/mol. The van der Waals surface area contributed by atoms with Gasteiger partial charge in [-0.25, -0.2) is 9.18 Å². The molecule has 3 N–H and O–H groups in total. The summed E-state index contributed by atoms with van der Waals surface area (Å²) in [5, 5.41) is 14.0. The van der Waals surface area contributed by atoms with Crippen LogP contribution in [0.15, 0.2) is 24.3 Å². The first-order valence-corrected chi connectivity index (χ1v) is 5.85. The van der Waals surface area contributed by atoms with Gasteiger partial charge in [-0.1, -0.05) is 26.0 Å². The summed E-state index contributed by atoms with van der Waals surface area (Å²) < 4.78 is 13.3. The molecular weight excluding hydrogens is 235 g/mol. The number of rotatable bonds is 5. The lowest BCUT2D eigenvalue weighted by molar-refractivity contribution is 0.204. The molecule has 0 radical (unpaired) electrons. The summed E-state index contributed by atoms with van der Waals surface area (Å²) in [5.74, 6) is -0.470. The van der Waals surface area contributed by atoms with Crippen molar-refractivity contribution in [3.05, 3.63) is 30.1 Å². The normalized spacial score (nSPS) is 11.1. The highest BCUT2D eigenvalue weighted by Crippen LogP contribution is 2.18. The lowest BCUT2D eigenvalue weighted by Gasteiger charge is -2.23. The fourth-order valence-corrected chi connectivity index (χ4v) is 1.44. The largest absolute Gasteiger partial charge is 0.396 e. The van der Waals surface area contributed by atoms with Crippen LogP contribution in [0.4, 0.5) is 14.9 Å². The van der Waals surface area contributed by atoms with E-state index in [1.54, 1.807) is 12.1 Å². The van der Waals surface area contributed by atoms with Gasteiger partial charge >= 0.3 is 6.03 Å². The summed E-state index contributed by atoms with van der Waals surface area (Å²) >= 11 is 0. The number of benzene rings is 1. The summed E-state index contributed by atoms with van der Waals surface area (Å²) in [6, 6.07) is 5.53. The lowest BCUT2D eigenvalue weighted by atomic mass is 9.90. The Hall–Kier alpha value is -1.62. The monoisotopic (exact) mass is 254 g/mol. The highest BCUT2D eigenvalue weighted by Gasteiger charge is 2.18. The van der Waals surface area contributed by atoms with Gasteiger partial charge in [0, 0.05) is 13.2 Å². The molecule has 0 bridgehead atoms. The SMILES string of the molecule is CC(C)(CCO)CNC(=O)Nc1ccccc1F. The molecular formula is C13H19FN2O2. The third-order valence-electron chi connectivity index (χ3n) is 2.64. The minimum atomic E-state index is -0.470. The zero-order valence-corrected chi connectivity index (χ0v) is 10.7. The summed E-state index contributed by atoms with van der Waals surface area (Å²) in [5.41, 5.74) is -0.0450. The smallest absolute Gasteiger partial charge is 0.319 e. The molecule has 0 saturated heterocycles. The number of carbonyl (C=O) groups is 1. The molecule has 1 aromatic carbocycles. The van der Waals surface area contributed by atoms with E-state index in [-0.39, 0.29) is 17.7 Å². The van der Waals surface area contributed by atoms with Gasteiger partial charge < -0.3 is 15.7 Å². The Morgan fingerprint density at radius 1 is 1.39 bits per heavy atom. The molecule has 100 valence electrons. The van der Waals surface area contributed by atoms with Gasteiger partial charge in [0.15, 0.2) is 0 Å². The number of aliphatic hydroxyl groups is 1. The molecule has 0 saturated carbocycles. The van der Waals surface area contributed by atoms with E-state index in [1.165, 1.54) is 12.1 Å². The Morgan fingerprint density at radius 2 is 2.06 bits per heavy atom. The predicted octanol–water partition coefficient (Wildman–Crippen LogP) is 2.36. The number of para-hydroxylation sites is 1. The molecule has 0 aromatic heterocycles. The van der Waals surface area contributed by atoms with Gasteiger partial charge in [0.25, 0.3) is 0 Å². The van der Waals surface area contributed by atoms with Gasteiger partial charge in [0.05, 0.1) is 5.69 Å². The third-order valence-corrected chi connectivity index (χ3v) is 2.64. The van der Waals surface area contributed by atoms with Crippen LogP contribution in [0, 0.1) is 11.2 Å². The van der Waals surface area contributed by atoms with Crippen molar-refractivity contribution in [3.63, 3.8) is 0 Å². The Labute approximate surface area is 106 Å². The van der Waals surface area contributed by atoms with E-state index in [0.717, 1.165) is 0 Å². The summed E-state index contributed by atoms with van der Waals surface area (Å²) in [6.45, 7) is 4.36. The van der Waals surface area contributed by atoms with Crippen molar-refractivity contribution < 1.29 is 14.3 Å². The minimum Gasteiger partial charge on any atom is -0.396 e. The third kappa shape index (κ3) is 4.71. The van der Waals surface area contributed by atoms with Crippen LogP contribution >= 0.6 is 0 Å². The van der Waals surface area contributed by atoms with Crippen LogP contribution in [0.1, 0.15) is 20.3 Å². The van der Waals surface area contributed by atoms with Crippen molar-refractivity contribution in [3.8, 4) is 0 Å². The quantitative estimate of drug-likeness (QED) is 0.755. The van der Waals surface area contributed by atoms with Crippen LogP contribution in [0.5, 0.6) is 0 Å². The van der Waals surface area contributed by atoms with Gasteiger partial charge in [-0.3, -0.25) is 0 Å². The number of hydrogen-bond acceptors (Lipinski definition) is 2. The lowest BCUT2D eigenvalue weighted by Crippen LogP contribution is -2.37.